The van der Waals surface area contributed by atoms with Gasteiger partial charge in [0.25, 0.3) is 0 Å². The Kier molecular flexibility index (Phi) is 12.7. The molecule has 4 aliphatic rings. The predicted molar refractivity (Wildman–Crippen MR) is 116 cm³/mol. The van der Waals surface area contributed by atoms with Gasteiger partial charge in [-0.3, -0.25) is 9.59 Å². The number of hydrogen-bond acceptors (Lipinski definition) is 7. The summed E-state index contributed by atoms with van der Waals surface area (Å²) < 4.78 is 0. The first-order valence-corrected chi connectivity index (χ1v) is 10.8. The van der Waals surface area contributed by atoms with Gasteiger partial charge in [-0.2, -0.15) is 0 Å². The molecule has 0 aromatic carbocycles. The highest BCUT2D eigenvalue weighted by Crippen LogP contribution is 2.21. The number of carbonyl (C=O) groups is 2. The first-order chi connectivity index (χ1) is 13.5. The lowest BCUT2D eigenvalue weighted by atomic mass is 9.98. The molecule has 0 atom stereocenters. The van der Waals surface area contributed by atoms with Gasteiger partial charge in [0.1, 0.15) is 11.6 Å². The van der Waals surface area contributed by atoms with Crippen LogP contribution in [0.1, 0.15) is 45.4 Å². The van der Waals surface area contributed by atoms with Crippen molar-refractivity contribution in [2.75, 3.05) is 59.4 Å². The van der Waals surface area contributed by atoms with Crippen LogP contribution in [0.5, 0.6) is 0 Å². The fraction of sp³-hybridized carbons (Fsp3) is 0.727. The maximum absolute atomic E-state index is 10.5. The average molecular weight is 408 g/mol. The van der Waals surface area contributed by atoms with Crippen molar-refractivity contribution in [1.29, 1.82) is 0 Å². The molecule has 3 N–H and O–H groups in total. The lowest BCUT2D eigenvalue weighted by Crippen LogP contribution is -2.43. The van der Waals surface area contributed by atoms with Gasteiger partial charge in [0, 0.05) is 83.7 Å². The van der Waals surface area contributed by atoms with Crippen LogP contribution in [0.3, 0.4) is 0 Å². The molecule has 7 heteroatoms. The molecule has 0 aromatic rings. The van der Waals surface area contributed by atoms with Gasteiger partial charge in [-0.25, -0.2) is 0 Å². The second-order valence-corrected chi connectivity index (χ2v) is 8.04. The number of ketones is 2. The monoisotopic (exact) mass is 407 g/mol. The Morgan fingerprint density at radius 3 is 1.59 bits per heavy atom. The van der Waals surface area contributed by atoms with Crippen molar-refractivity contribution in [2.24, 2.45) is 0 Å². The highest BCUT2D eigenvalue weighted by atomic mass is 16.1. The Labute approximate surface area is 175 Å². The zero-order chi connectivity index (χ0) is 20.2. The normalized spacial score (nSPS) is 22.8. The second-order valence-electron chi connectivity index (χ2n) is 8.04. The summed E-state index contributed by atoms with van der Waals surface area (Å²) in [6.45, 7) is 11.6. The van der Waals surface area contributed by atoms with Crippen LogP contribution in [0.4, 0.5) is 0 Å². The summed E-state index contributed by atoms with van der Waals surface area (Å²) in [4.78, 5) is 25.9. The number of hydrogen-bond donors (Lipinski definition) is 2. The molecule has 2 aliphatic carbocycles. The molecule has 2 aliphatic heterocycles. The van der Waals surface area contributed by atoms with Gasteiger partial charge in [-0.05, 0) is 32.9 Å². The Balaban J connectivity index is 0.000000238. The molecule has 0 amide bonds. The summed E-state index contributed by atoms with van der Waals surface area (Å²) in [5.74, 6) is 0.481. The number of nitrogens with one attached hydrogen (secondary N) is 2. The molecule has 0 spiro atoms. The molecule has 2 heterocycles. The Morgan fingerprint density at radius 2 is 1.21 bits per heavy atom. The third-order valence-corrected chi connectivity index (χ3v) is 5.57. The fourth-order valence-electron chi connectivity index (χ4n) is 3.50. The number of rotatable bonds is 1. The zero-order valence-electron chi connectivity index (χ0n) is 18.2. The molecule has 0 radical (unpaired) electrons. The van der Waals surface area contributed by atoms with Gasteiger partial charge in [0.15, 0.2) is 0 Å². The van der Waals surface area contributed by atoms with E-state index in [1.807, 2.05) is 0 Å². The van der Waals surface area contributed by atoms with E-state index in [0.29, 0.717) is 25.7 Å². The molecule has 2 saturated heterocycles. The van der Waals surface area contributed by atoms with Crippen LogP contribution in [0, 0.1) is 0 Å². The van der Waals surface area contributed by atoms with Crippen molar-refractivity contribution < 1.29 is 15.1 Å². The standard InChI is InChI=1S/C12H20N2.C6H8O2.C4H10N2.H2O/c1-11-3-5-12(6-4-11)14-9-7-13(2)8-10-14;7-5-1-2-6(8)4-3-5;1-2-6-4-3-5-1;/h3,5H,4,6-10H2,1-2H3;1-4H2;5-6H,1-4H2;1H2/p-1. The first kappa shape index (κ1) is 25.5. The van der Waals surface area contributed by atoms with Crippen LogP contribution in [-0.4, -0.2) is 86.2 Å². The van der Waals surface area contributed by atoms with E-state index in [0.717, 1.165) is 26.2 Å². The molecule has 3 fully saturated rings. The maximum Gasteiger partial charge on any atom is 0.133 e. The van der Waals surface area contributed by atoms with Crippen molar-refractivity contribution in [3.8, 4) is 0 Å². The number of Topliss-reactive ketones (excluding diaryl/α,β-unsaturated/α-hetero) is 2. The fourth-order valence-corrected chi connectivity index (χ4v) is 3.50. The van der Waals surface area contributed by atoms with Crippen molar-refractivity contribution in [3.63, 3.8) is 0 Å². The maximum atomic E-state index is 10.5. The molecule has 7 nitrogen and oxygen atoms in total. The first-order valence-electron chi connectivity index (χ1n) is 10.8. The van der Waals surface area contributed by atoms with Gasteiger partial charge < -0.3 is 25.9 Å². The van der Waals surface area contributed by atoms with E-state index in [2.05, 4.69) is 46.6 Å². The van der Waals surface area contributed by atoms with Gasteiger partial charge in [-0.1, -0.05) is 11.6 Å². The van der Waals surface area contributed by atoms with E-state index >= 15 is 0 Å². The third-order valence-electron chi connectivity index (χ3n) is 5.57. The number of carbonyl (C=O) groups excluding carboxylic acids is 2. The molecule has 4 rings (SSSR count). The van der Waals surface area contributed by atoms with Gasteiger partial charge in [0.2, 0.25) is 0 Å². The summed E-state index contributed by atoms with van der Waals surface area (Å²) in [5.41, 5.74) is 3.06. The highest BCUT2D eigenvalue weighted by molar-refractivity contribution is 5.92. The number of piperazine rings is 2. The van der Waals surface area contributed by atoms with E-state index in [4.69, 9.17) is 0 Å². The smallest absolute Gasteiger partial charge is 0.133 e. The minimum atomic E-state index is 0. The number of allylic oxidation sites excluding steroid dienone is 4. The quantitative estimate of drug-likeness (QED) is 0.681. The van der Waals surface area contributed by atoms with Crippen molar-refractivity contribution in [1.82, 2.24) is 20.4 Å². The lowest BCUT2D eigenvalue weighted by Gasteiger charge is -2.36. The lowest BCUT2D eigenvalue weighted by molar-refractivity contribution is -0.128. The number of likely N-dealkylation sites (N-methyl/N-ethyl adjacent to an activating group) is 1. The summed E-state index contributed by atoms with van der Waals surface area (Å²) in [7, 11) is 2.21. The van der Waals surface area contributed by atoms with Crippen LogP contribution >= 0.6 is 0 Å². The van der Waals surface area contributed by atoms with E-state index in [9.17, 15) is 9.59 Å². The molecule has 0 unspecified atom stereocenters. The van der Waals surface area contributed by atoms with Crippen molar-refractivity contribution >= 4 is 11.6 Å². The summed E-state index contributed by atoms with van der Waals surface area (Å²) in [6.07, 6.45) is 9.01. The molecular weight excluding hydrogens is 368 g/mol. The zero-order valence-corrected chi connectivity index (χ0v) is 18.2. The minimum absolute atomic E-state index is 0. The van der Waals surface area contributed by atoms with Crippen molar-refractivity contribution in [3.05, 3.63) is 23.4 Å². The van der Waals surface area contributed by atoms with Gasteiger partial charge in [0.05, 0.1) is 0 Å². The third kappa shape index (κ3) is 10.7. The van der Waals surface area contributed by atoms with E-state index in [1.165, 1.54) is 44.6 Å². The SMILES string of the molecule is C1CNCCN1.CC1=CC=C(N2CCN(C)CC2)CC1.O=C1CCC(=O)CC1.[OH-]. The number of nitrogens with zero attached hydrogens (tertiary/aromatic N) is 2. The van der Waals surface area contributed by atoms with Crippen molar-refractivity contribution in [2.45, 2.75) is 45.4 Å². The van der Waals surface area contributed by atoms with Crippen LogP contribution in [0.2, 0.25) is 0 Å². The summed E-state index contributed by atoms with van der Waals surface area (Å²) in [6, 6.07) is 0. The largest absolute Gasteiger partial charge is 0.870 e. The van der Waals surface area contributed by atoms with Crippen LogP contribution < -0.4 is 10.6 Å². The molecule has 0 bridgehead atoms. The Bertz CT molecular complexity index is 523. The molecular formula is C22H39N4O3-. The van der Waals surface area contributed by atoms with E-state index < -0.39 is 0 Å². The summed E-state index contributed by atoms with van der Waals surface area (Å²) >= 11 is 0. The predicted octanol–water partition coefficient (Wildman–Crippen LogP) is 1.56. The molecule has 1 saturated carbocycles. The second kappa shape index (κ2) is 14.4. The van der Waals surface area contributed by atoms with Crippen LogP contribution in [0.25, 0.3) is 0 Å². The highest BCUT2D eigenvalue weighted by Gasteiger charge is 2.17. The van der Waals surface area contributed by atoms with Gasteiger partial charge >= 0.3 is 0 Å². The van der Waals surface area contributed by atoms with E-state index in [-0.39, 0.29) is 17.0 Å². The Hall–Kier alpha value is -1.54. The van der Waals surface area contributed by atoms with Gasteiger partial charge in [-0.15, -0.1) is 0 Å². The average Bonchev–Trinajstić information content (AvgIpc) is 2.74. The topological polar surface area (TPSA) is 94.7 Å². The van der Waals surface area contributed by atoms with E-state index in [1.54, 1.807) is 5.70 Å². The molecule has 166 valence electrons. The minimum Gasteiger partial charge on any atom is -0.870 e. The van der Waals surface area contributed by atoms with Crippen LogP contribution in [0.15, 0.2) is 23.4 Å². The summed E-state index contributed by atoms with van der Waals surface area (Å²) in [5, 5.41) is 6.44. The van der Waals surface area contributed by atoms with Crippen LogP contribution in [-0.2, 0) is 9.59 Å². The molecule has 29 heavy (non-hydrogen) atoms. The molecule has 0 aromatic heterocycles. The Morgan fingerprint density at radius 1 is 0.724 bits per heavy atom.